The summed E-state index contributed by atoms with van der Waals surface area (Å²) < 4.78 is 6.59. The number of likely N-dealkylation sites (tertiary alicyclic amines) is 1. The number of rotatable bonds is 3. The summed E-state index contributed by atoms with van der Waals surface area (Å²) in [5, 5.41) is 2.20. The van der Waals surface area contributed by atoms with Crippen LogP contribution in [0.15, 0.2) is 60.7 Å². The highest BCUT2D eigenvalue weighted by Crippen LogP contribution is 2.34. The second kappa shape index (κ2) is 7.26. The standard InChI is InChI=1S/C21H27N3O/c1-23-17-20(19-10-6-3-7-11-19)25-21(22-23)12-14-24(15-13-21)16-18-8-4-2-5-9-18/h2-11,20,22H,12-17H2,1H3. The van der Waals surface area contributed by atoms with Crippen LogP contribution in [0, 0.1) is 0 Å². The lowest BCUT2D eigenvalue weighted by molar-refractivity contribution is -0.217. The predicted octanol–water partition coefficient (Wildman–Crippen LogP) is 3.19. The van der Waals surface area contributed by atoms with Gasteiger partial charge in [0.05, 0.1) is 6.10 Å². The summed E-state index contributed by atoms with van der Waals surface area (Å²) in [7, 11) is 2.12. The number of hydrazine groups is 1. The van der Waals surface area contributed by atoms with Gasteiger partial charge < -0.3 is 4.74 Å². The third-order valence-electron chi connectivity index (χ3n) is 5.29. The topological polar surface area (TPSA) is 27.7 Å². The molecule has 1 atom stereocenters. The van der Waals surface area contributed by atoms with Crippen molar-refractivity contribution in [1.82, 2.24) is 15.3 Å². The van der Waals surface area contributed by atoms with Crippen LogP contribution in [0.2, 0.25) is 0 Å². The van der Waals surface area contributed by atoms with E-state index in [0.717, 1.165) is 39.0 Å². The number of benzene rings is 2. The molecule has 0 amide bonds. The minimum atomic E-state index is -0.235. The number of nitrogens with zero attached hydrogens (tertiary/aromatic N) is 2. The number of ether oxygens (including phenoxy) is 1. The first kappa shape index (κ1) is 16.7. The zero-order chi connectivity index (χ0) is 17.1. The molecule has 132 valence electrons. The van der Waals surface area contributed by atoms with E-state index in [2.05, 4.69) is 83.0 Å². The van der Waals surface area contributed by atoms with Gasteiger partial charge in [0.1, 0.15) is 5.72 Å². The summed E-state index contributed by atoms with van der Waals surface area (Å²) in [4.78, 5) is 2.53. The largest absolute Gasteiger partial charge is 0.350 e. The van der Waals surface area contributed by atoms with Crippen LogP contribution in [0.4, 0.5) is 0 Å². The fourth-order valence-corrected chi connectivity index (χ4v) is 3.96. The Labute approximate surface area is 150 Å². The Balaban J connectivity index is 1.41. The minimum absolute atomic E-state index is 0.133. The van der Waals surface area contributed by atoms with Gasteiger partial charge in [-0.3, -0.25) is 4.90 Å². The van der Waals surface area contributed by atoms with Gasteiger partial charge in [0.2, 0.25) is 0 Å². The number of likely N-dealkylation sites (N-methyl/N-ethyl adjacent to an activating group) is 1. The third-order valence-corrected chi connectivity index (χ3v) is 5.29. The lowest BCUT2D eigenvalue weighted by Crippen LogP contribution is -2.64. The van der Waals surface area contributed by atoms with Gasteiger partial charge >= 0.3 is 0 Å². The Morgan fingerprint density at radius 2 is 1.64 bits per heavy atom. The van der Waals surface area contributed by atoms with Gasteiger partial charge in [-0.25, -0.2) is 10.4 Å². The fraction of sp³-hybridized carbons (Fsp3) is 0.429. The van der Waals surface area contributed by atoms with E-state index >= 15 is 0 Å². The van der Waals surface area contributed by atoms with Crippen LogP contribution in [0.5, 0.6) is 0 Å². The quantitative estimate of drug-likeness (QED) is 0.931. The van der Waals surface area contributed by atoms with Gasteiger partial charge in [-0.15, -0.1) is 0 Å². The summed E-state index contributed by atoms with van der Waals surface area (Å²) in [6.45, 7) is 4.00. The average molecular weight is 337 g/mol. The highest BCUT2D eigenvalue weighted by atomic mass is 16.5. The Morgan fingerprint density at radius 3 is 2.32 bits per heavy atom. The molecule has 4 rings (SSSR count). The normalized spacial score (nSPS) is 24.4. The molecule has 2 saturated heterocycles. The molecule has 1 unspecified atom stereocenters. The second-order valence-corrected chi connectivity index (χ2v) is 7.27. The van der Waals surface area contributed by atoms with Crippen molar-refractivity contribution in [2.75, 3.05) is 26.7 Å². The molecular formula is C21H27N3O. The van der Waals surface area contributed by atoms with Crippen molar-refractivity contribution < 1.29 is 4.74 Å². The summed E-state index contributed by atoms with van der Waals surface area (Å²) in [6, 6.07) is 21.3. The van der Waals surface area contributed by atoms with Crippen molar-refractivity contribution in [2.45, 2.75) is 31.2 Å². The monoisotopic (exact) mass is 337 g/mol. The molecule has 2 aliphatic heterocycles. The van der Waals surface area contributed by atoms with Gasteiger partial charge in [0.25, 0.3) is 0 Å². The maximum atomic E-state index is 6.59. The highest BCUT2D eigenvalue weighted by molar-refractivity contribution is 5.19. The maximum Gasteiger partial charge on any atom is 0.134 e. The summed E-state index contributed by atoms with van der Waals surface area (Å²) in [5.41, 5.74) is 6.02. The molecule has 0 aliphatic carbocycles. The van der Waals surface area contributed by atoms with Crippen molar-refractivity contribution in [3.05, 3.63) is 71.8 Å². The molecule has 2 heterocycles. The Hall–Kier alpha value is -1.72. The molecule has 2 aromatic rings. The third kappa shape index (κ3) is 3.93. The van der Waals surface area contributed by atoms with Crippen molar-refractivity contribution in [2.24, 2.45) is 0 Å². The van der Waals surface area contributed by atoms with E-state index in [4.69, 9.17) is 4.74 Å². The lowest BCUT2D eigenvalue weighted by Gasteiger charge is -2.50. The molecule has 2 aromatic carbocycles. The first-order valence-corrected chi connectivity index (χ1v) is 9.20. The van der Waals surface area contributed by atoms with E-state index in [9.17, 15) is 0 Å². The first-order valence-electron chi connectivity index (χ1n) is 9.20. The van der Waals surface area contributed by atoms with Gasteiger partial charge in [0, 0.05) is 46.1 Å². The summed E-state index contributed by atoms with van der Waals surface area (Å²) in [5.74, 6) is 0. The van der Waals surface area contributed by atoms with Crippen molar-refractivity contribution in [3.63, 3.8) is 0 Å². The zero-order valence-electron chi connectivity index (χ0n) is 14.9. The first-order chi connectivity index (χ1) is 12.2. The van der Waals surface area contributed by atoms with E-state index in [1.807, 2.05) is 0 Å². The van der Waals surface area contributed by atoms with Crippen LogP contribution < -0.4 is 5.43 Å². The lowest BCUT2D eigenvalue weighted by atomic mass is 9.97. The number of hydrogen-bond acceptors (Lipinski definition) is 4. The van der Waals surface area contributed by atoms with Crippen LogP contribution in [0.25, 0.3) is 0 Å². The van der Waals surface area contributed by atoms with Crippen LogP contribution in [-0.2, 0) is 11.3 Å². The fourth-order valence-electron chi connectivity index (χ4n) is 3.96. The Kier molecular flexibility index (Phi) is 4.86. The van der Waals surface area contributed by atoms with Crippen molar-refractivity contribution >= 4 is 0 Å². The predicted molar refractivity (Wildman–Crippen MR) is 99.7 cm³/mol. The molecular weight excluding hydrogens is 310 g/mol. The second-order valence-electron chi connectivity index (χ2n) is 7.27. The van der Waals surface area contributed by atoms with Gasteiger partial charge in [0.15, 0.2) is 0 Å². The molecule has 1 N–H and O–H groups in total. The van der Waals surface area contributed by atoms with E-state index in [1.54, 1.807) is 0 Å². The summed E-state index contributed by atoms with van der Waals surface area (Å²) >= 11 is 0. The SMILES string of the molecule is CN1CC(c2ccccc2)OC2(CCN(Cc3ccccc3)CC2)N1. The molecule has 0 bridgehead atoms. The maximum absolute atomic E-state index is 6.59. The van der Waals surface area contributed by atoms with E-state index in [0.29, 0.717) is 0 Å². The molecule has 2 fully saturated rings. The smallest absolute Gasteiger partial charge is 0.134 e. The Morgan fingerprint density at radius 1 is 1.00 bits per heavy atom. The van der Waals surface area contributed by atoms with Crippen LogP contribution in [0.3, 0.4) is 0 Å². The van der Waals surface area contributed by atoms with Gasteiger partial charge in [-0.05, 0) is 11.1 Å². The van der Waals surface area contributed by atoms with E-state index < -0.39 is 0 Å². The number of hydrogen-bond donors (Lipinski definition) is 1. The zero-order valence-corrected chi connectivity index (χ0v) is 14.9. The minimum Gasteiger partial charge on any atom is -0.350 e. The molecule has 2 aliphatic rings. The van der Waals surface area contributed by atoms with Crippen LogP contribution in [0.1, 0.15) is 30.1 Å². The van der Waals surface area contributed by atoms with Crippen molar-refractivity contribution in [3.8, 4) is 0 Å². The molecule has 4 heteroatoms. The highest BCUT2D eigenvalue weighted by Gasteiger charge is 2.42. The molecule has 0 aromatic heterocycles. The molecule has 0 saturated carbocycles. The molecule has 25 heavy (non-hydrogen) atoms. The van der Waals surface area contributed by atoms with Gasteiger partial charge in [-0.2, -0.15) is 0 Å². The van der Waals surface area contributed by atoms with Crippen molar-refractivity contribution in [1.29, 1.82) is 0 Å². The van der Waals surface area contributed by atoms with Crippen LogP contribution >= 0.6 is 0 Å². The Bertz CT molecular complexity index is 668. The van der Waals surface area contributed by atoms with E-state index in [-0.39, 0.29) is 11.8 Å². The molecule has 4 nitrogen and oxygen atoms in total. The van der Waals surface area contributed by atoms with Gasteiger partial charge in [-0.1, -0.05) is 60.7 Å². The average Bonchev–Trinajstić information content (AvgIpc) is 2.65. The number of nitrogens with one attached hydrogen (secondary N) is 1. The van der Waals surface area contributed by atoms with E-state index in [1.165, 1.54) is 11.1 Å². The number of piperidine rings is 1. The van der Waals surface area contributed by atoms with Crippen LogP contribution in [-0.4, -0.2) is 42.3 Å². The summed E-state index contributed by atoms with van der Waals surface area (Å²) in [6.07, 6.45) is 2.15. The molecule has 0 radical (unpaired) electrons. The molecule has 1 spiro atoms.